The quantitative estimate of drug-likeness (QED) is 0.481. The van der Waals surface area contributed by atoms with Gasteiger partial charge in [0.2, 0.25) is 0 Å². The summed E-state index contributed by atoms with van der Waals surface area (Å²) in [5, 5.41) is 2.38. The normalized spacial score (nSPS) is 19.2. The number of benzene rings is 3. The van der Waals surface area contributed by atoms with E-state index in [0.29, 0.717) is 17.6 Å². The van der Waals surface area contributed by atoms with Crippen molar-refractivity contribution in [3.05, 3.63) is 77.4 Å². The third-order valence-electron chi connectivity index (χ3n) is 4.82. The van der Waals surface area contributed by atoms with Crippen molar-refractivity contribution >= 4 is 16.7 Å². The summed E-state index contributed by atoms with van der Waals surface area (Å²) in [4.78, 5) is 11.3. The predicted octanol–water partition coefficient (Wildman–Crippen LogP) is 5.34. The molecule has 3 aromatic carbocycles. The fourth-order valence-electron chi connectivity index (χ4n) is 3.56. The SMILES string of the molecule is CC(=O)Oc1cc(C2CC2c2ccc(C)cc2)c2ccccc2c1. The fourth-order valence-corrected chi connectivity index (χ4v) is 3.56. The maximum atomic E-state index is 11.3. The van der Waals surface area contributed by atoms with Crippen LogP contribution < -0.4 is 4.74 Å². The number of carbonyl (C=O) groups excluding carboxylic acids is 1. The van der Waals surface area contributed by atoms with E-state index in [0.717, 1.165) is 11.8 Å². The minimum absolute atomic E-state index is 0.276. The number of carbonyl (C=O) groups is 1. The molecule has 0 aromatic heterocycles. The molecule has 0 heterocycles. The van der Waals surface area contributed by atoms with Crippen molar-refractivity contribution in [1.29, 1.82) is 0 Å². The molecule has 0 amide bonds. The largest absolute Gasteiger partial charge is 0.427 e. The second-order valence-electron chi connectivity index (χ2n) is 6.69. The Morgan fingerprint density at radius 3 is 2.50 bits per heavy atom. The topological polar surface area (TPSA) is 26.3 Å². The summed E-state index contributed by atoms with van der Waals surface area (Å²) in [6.45, 7) is 3.56. The van der Waals surface area contributed by atoms with Crippen molar-refractivity contribution in [2.45, 2.75) is 32.1 Å². The molecular weight excluding hydrogens is 296 g/mol. The Morgan fingerprint density at radius 2 is 1.75 bits per heavy atom. The van der Waals surface area contributed by atoms with E-state index in [1.54, 1.807) is 0 Å². The van der Waals surface area contributed by atoms with Crippen LogP contribution in [-0.2, 0) is 4.79 Å². The van der Waals surface area contributed by atoms with Crippen LogP contribution in [0.1, 0.15) is 41.9 Å². The summed E-state index contributed by atoms with van der Waals surface area (Å²) in [6, 6.07) is 21.1. The van der Waals surface area contributed by atoms with Crippen LogP contribution in [0.15, 0.2) is 60.7 Å². The van der Waals surface area contributed by atoms with Crippen molar-refractivity contribution in [1.82, 2.24) is 0 Å². The Morgan fingerprint density at radius 1 is 1.00 bits per heavy atom. The van der Waals surface area contributed by atoms with E-state index in [9.17, 15) is 4.79 Å². The zero-order chi connectivity index (χ0) is 16.7. The highest BCUT2D eigenvalue weighted by molar-refractivity contribution is 5.89. The second kappa shape index (κ2) is 5.79. The molecule has 0 aliphatic heterocycles. The summed E-state index contributed by atoms with van der Waals surface area (Å²) in [5.41, 5.74) is 3.97. The number of aryl methyl sites for hydroxylation is 1. The maximum Gasteiger partial charge on any atom is 0.308 e. The van der Waals surface area contributed by atoms with Crippen LogP contribution >= 0.6 is 0 Å². The average Bonchev–Trinajstić information content (AvgIpc) is 3.35. The average molecular weight is 316 g/mol. The number of ether oxygens (including phenoxy) is 1. The molecule has 0 bridgehead atoms. The molecule has 2 unspecified atom stereocenters. The number of rotatable bonds is 3. The predicted molar refractivity (Wildman–Crippen MR) is 96.5 cm³/mol. The van der Waals surface area contributed by atoms with Gasteiger partial charge in [-0.2, -0.15) is 0 Å². The maximum absolute atomic E-state index is 11.3. The van der Waals surface area contributed by atoms with Gasteiger partial charge in [0.15, 0.2) is 0 Å². The van der Waals surface area contributed by atoms with Gasteiger partial charge in [-0.25, -0.2) is 0 Å². The lowest BCUT2D eigenvalue weighted by Gasteiger charge is -2.10. The Balaban J connectivity index is 1.73. The highest BCUT2D eigenvalue weighted by Gasteiger charge is 2.40. The van der Waals surface area contributed by atoms with Gasteiger partial charge in [-0.1, -0.05) is 54.1 Å². The lowest BCUT2D eigenvalue weighted by molar-refractivity contribution is -0.131. The van der Waals surface area contributed by atoms with Crippen LogP contribution in [0.4, 0.5) is 0 Å². The summed E-state index contributed by atoms with van der Waals surface area (Å²) >= 11 is 0. The monoisotopic (exact) mass is 316 g/mol. The van der Waals surface area contributed by atoms with Gasteiger partial charge in [0.05, 0.1) is 0 Å². The van der Waals surface area contributed by atoms with Crippen molar-refractivity contribution < 1.29 is 9.53 Å². The minimum Gasteiger partial charge on any atom is -0.427 e. The van der Waals surface area contributed by atoms with Crippen molar-refractivity contribution in [2.75, 3.05) is 0 Å². The van der Waals surface area contributed by atoms with Crippen LogP contribution in [0.25, 0.3) is 10.8 Å². The van der Waals surface area contributed by atoms with Gasteiger partial charge in [-0.3, -0.25) is 4.79 Å². The van der Waals surface area contributed by atoms with Gasteiger partial charge in [0.1, 0.15) is 5.75 Å². The van der Waals surface area contributed by atoms with Gasteiger partial charge < -0.3 is 4.74 Å². The van der Waals surface area contributed by atoms with Crippen molar-refractivity contribution in [2.24, 2.45) is 0 Å². The first-order valence-corrected chi connectivity index (χ1v) is 8.39. The lowest BCUT2D eigenvalue weighted by Crippen LogP contribution is -2.02. The highest BCUT2D eigenvalue weighted by Crippen LogP contribution is 2.56. The van der Waals surface area contributed by atoms with Crippen LogP contribution in [0.3, 0.4) is 0 Å². The molecule has 1 aliphatic rings. The van der Waals surface area contributed by atoms with E-state index in [1.165, 1.54) is 29.0 Å². The number of fused-ring (bicyclic) bond motifs is 1. The number of hydrogen-bond donors (Lipinski definition) is 0. The zero-order valence-electron chi connectivity index (χ0n) is 14.0. The first-order valence-electron chi connectivity index (χ1n) is 8.39. The summed E-state index contributed by atoms with van der Waals surface area (Å²) < 4.78 is 5.36. The van der Waals surface area contributed by atoms with Crippen LogP contribution in [0, 0.1) is 6.92 Å². The van der Waals surface area contributed by atoms with Crippen LogP contribution in [0.2, 0.25) is 0 Å². The number of esters is 1. The Hall–Kier alpha value is -2.61. The molecule has 120 valence electrons. The fraction of sp³-hybridized carbons (Fsp3) is 0.227. The number of hydrogen-bond acceptors (Lipinski definition) is 2. The molecule has 0 saturated heterocycles. The zero-order valence-corrected chi connectivity index (χ0v) is 14.0. The standard InChI is InChI=1S/C22H20O2/c1-14-7-9-16(10-8-14)20-13-22(20)21-12-18(24-15(2)23)11-17-5-3-4-6-19(17)21/h3-12,20,22H,13H2,1-2H3. The van der Waals surface area contributed by atoms with E-state index >= 15 is 0 Å². The summed E-state index contributed by atoms with van der Waals surface area (Å²) in [7, 11) is 0. The molecule has 0 N–H and O–H groups in total. The third-order valence-corrected chi connectivity index (χ3v) is 4.82. The van der Waals surface area contributed by atoms with E-state index in [-0.39, 0.29) is 5.97 Å². The molecule has 4 rings (SSSR count). The van der Waals surface area contributed by atoms with Crippen LogP contribution in [-0.4, -0.2) is 5.97 Å². The van der Waals surface area contributed by atoms with E-state index in [2.05, 4.69) is 49.4 Å². The van der Waals surface area contributed by atoms with E-state index in [4.69, 9.17) is 4.74 Å². The smallest absolute Gasteiger partial charge is 0.308 e. The molecule has 1 saturated carbocycles. The Kier molecular flexibility index (Phi) is 3.61. The van der Waals surface area contributed by atoms with Crippen molar-refractivity contribution in [3.63, 3.8) is 0 Å². The second-order valence-corrected chi connectivity index (χ2v) is 6.69. The minimum atomic E-state index is -0.276. The van der Waals surface area contributed by atoms with Gasteiger partial charge in [-0.05, 0) is 59.2 Å². The van der Waals surface area contributed by atoms with Gasteiger partial charge in [-0.15, -0.1) is 0 Å². The molecule has 1 fully saturated rings. The van der Waals surface area contributed by atoms with Crippen LogP contribution in [0.5, 0.6) is 5.75 Å². The Bertz CT molecular complexity index is 909. The molecule has 0 spiro atoms. The molecule has 1 aliphatic carbocycles. The summed E-state index contributed by atoms with van der Waals surface area (Å²) in [6.07, 6.45) is 1.15. The van der Waals surface area contributed by atoms with E-state index in [1.807, 2.05) is 18.2 Å². The molecule has 0 radical (unpaired) electrons. The molecule has 2 heteroatoms. The highest BCUT2D eigenvalue weighted by atomic mass is 16.5. The van der Waals surface area contributed by atoms with Gasteiger partial charge in [0.25, 0.3) is 0 Å². The molecule has 24 heavy (non-hydrogen) atoms. The first kappa shape index (κ1) is 14.9. The van der Waals surface area contributed by atoms with Crippen molar-refractivity contribution in [3.8, 4) is 5.75 Å². The molecule has 2 nitrogen and oxygen atoms in total. The molecular formula is C22H20O2. The first-order chi connectivity index (χ1) is 11.6. The third kappa shape index (κ3) is 2.80. The molecule has 3 aromatic rings. The van der Waals surface area contributed by atoms with Gasteiger partial charge in [0, 0.05) is 6.92 Å². The lowest BCUT2D eigenvalue weighted by atomic mass is 9.97. The summed E-state index contributed by atoms with van der Waals surface area (Å²) in [5.74, 6) is 1.42. The van der Waals surface area contributed by atoms with Gasteiger partial charge >= 0.3 is 5.97 Å². The van der Waals surface area contributed by atoms with E-state index < -0.39 is 0 Å². The molecule has 2 atom stereocenters. The Labute approximate surface area is 142 Å².